The van der Waals surface area contributed by atoms with Crippen LogP contribution in [0, 0.1) is 5.92 Å². The maximum Gasteiger partial charge on any atom is 0.256 e. The Kier molecular flexibility index (Phi) is 6.80. The summed E-state index contributed by atoms with van der Waals surface area (Å²) in [4.78, 5) is 18.8. The Morgan fingerprint density at radius 1 is 1.37 bits per heavy atom. The van der Waals surface area contributed by atoms with E-state index in [0.29, 0.717) is 29.5 Å². The van der Waals surface area contributed by atoms with E-state index in [2.05, 4.69) is 9.71 Å². The van der Waals surface area contributed by atoms with Crippen LogP contribution in [0.4, 0.5) is 0 Å². The van der Waals surface area contributed by atoms with Crippen molar-refractivity contribution in [2.24, 2.45) is 5.92 Å². The molecule has 0 aromatic carbocycles. The van der Waals surface area contributed by atoms with Crippen LogP contribution >= 0.6 is 34.7 Å². The summed E-state index contributed by atoms with van der Waals surface area (Å²) in [6.45, 7) is 1.58. The number of pyridine rings is 1. The summed E-state index contributed by atoms with van der Waals surface area (Å²) >= 11 is 8.31. The third kappa shape index (κ3) is 5.03. The average molecular weight is 446 g/mol. The molecule has 3 rings (SSSR count). The van der Waals surface area contributed by atoms with Gasteiger partial charge in [-0.3, -0.25) is 4.79 Å². The van der Waals surface area contributed by atoms with Crippen molar-refractivity contribution in [3.8, 4) is 0 Å². The number of carbonyl (C=O) groups is 1. The van der Waals surface area contributed by atoms with Gasteiger partial charge in [0.15, 0.2) is 0 Å². The highest BCUT2D eigenvalue weighted by molar-refractivity contribution is 7.98. The number of hydrogen-bond donors (Lipinski definition) is 1. The Balaban J connectivity index is 1.54. The predicted molar refractivity (Wildman–Crippen MR) is 109 cm³/mol. The highest BCUT2D eigenvalue weighted by Crippen LogP contribution is 2.26. The maximum absolute atomic E-state index is 12.7. The number of rotatable bonds is 6. The van der Waals surface area contributed by atoms with E-state index in [9.17, 15) is 13.2 Å². The largest absolute Gasteiger partial charge is 0.339 e. The van der Waals surface area contributed by atoms with Crippen LogP contribution in [0.2, 0.25) is 4.34 Å². The molecule has 1 aliphatic heterocycles. The molecule has 2 aromatic rings. The number of thioether (sulfide) groups is 1. The Bertz CT molecular complexity index is 909. The van der Waals surface area contributed by atoms with Gasteiger partial charge >= 0.3 is 0 Å². The second-order valence-corrected chi connectivity index (χ2v) is 10.7. The van der Waals surface area contributed by atoms with Crippen LogP contribution in [0.1, 0.15) is 23.2 Å². The molecule has 0 saturated carbocycles. The fraction of sp³-hybridized carbons (Fsp3) is 0.412. The van der Waals surface area contributed by atoms with Gasteiger partial charge in [0.05, 0.1) is 9.90 Å². The van der Waals surface area contributed by atoms with E-state index in [4.69, 9.17) is 11.6 Å². The van der Waals surface area contributed by atoms with Crippen LogP contribution in [0.15, 0.2) is 39.7 Å². The molecule has 0 atom stereocenters. The van der Waals surface area contributed by atoms with Crippen LogP contribution < -0.4 is 4.72 Å². The lowest BCUT2D eigenvalue weighted by Gasteiger charge is -2.32. The minimum atomic E-state index is -3.53. The predicted octanol–water partition coefficient (Wildman–Crippen LogP) is 3.35. The molecule has 1 saturated heterocycles. The van der Waals surface area contributed by atoms with Gasteiger partial charge in [-0.1, -0.05) is 11.6 Å². The lowest BCUT2D eigenvalue weighted by molar-refractivity contribution is 0.0687. The van der Waals surface area contributed by atoms with Crippen LogP contribution in [0.25, 0.3) is 0 Å². The fourth-order valence-electron chi connectivity index (χ4n) is 2.97. The quantitative estimate of drug-likeness (QED) is 0.689. The van der Waals surface area contributed by atoms with Gasteiger partial charge in [-0.25, -0.2) is 18.1 Å². The van der Waals surface area contributed by atoms with Crippen LogP contribution in [0.5, 0.6) is 0 Å². The SMILES string of the molecule is CSc1ncccc1C(=O)N1CCC(CNS(=O)(=O)c2ccc(Cl)s2)CC1. The van der Waals surface area contributed by atoms with Gasteiger partial charge in [0.25, 0.3) is 5.91 Å². The van der Waals surface area contributed by atoms with Crippen molar-refractivity contribution >= 4 is 50.6 Å². The molecule has 3 heterocycles. The molecule has 6 nitrogen and oxygen atoms in total. The van der Waals surface area contributed by atoms with Crippen molar-refractivity contribution in [2.75, 3.05) is 25.9 Å². The number of nitrogens with one attached hydrogen (secondary N) is 1. The molecule has 1 fully saturated rings. The average Bonchev–Trinajstić information content (AvgIpc) is 3.13. The van der Waals surface area contributed by atoms with Gasteiger partial charge in [0.2, 0.25) is 10.0 Å². The highest BCUT2D eigenvalue weighted by Gasteiger charge is 2.26. The summed E-state index contributed by atoms with van der Waals surface area (Å²) in [6, 6.07) is 6.65. The smallest absolute Gasteiger partial charge is 0.256 e. The van der Waals surface area contributed by atoms with Gasteiger partial charge in [0.1, 0.15) is 9.24 Å². The second-order valence-electron chi connectivity index (χ2n) is 6.21. The second kappa shape index (κ2) is 8.91. The lowest BCUT2D eigenvalue weighted by Crippen LogP contribution is -2.41. The first-order valence-electron chi connectivity index (χ1n) is 8.44. The summed E-state index contributed by atoms with van der Waals surface area (Å²) in [5, 5.41) is 0.729. The molecule has 1 amide bonds. The molecule has 0 spiro atoms. The number of piperidine rings is 1. The number of hydrogen-bond acceptors (Lipinski definition) is 6. The Hall–Kier alpha value is -1.13. The normalized spacial score (nSPS) is 15.9. The minimum absolute atomic E-state index is 0.0142. The van der Waals surface area contributed by atoms with Gasteiger partial charge in [-0.05, 0) is 49.3 Å². The third-order valence-corrected chi connectivity index (χ3v) is 8.33. The van der Waals surface area contributed by atoms with Gasteiger partial charge in [-0.2, -0.15) is 0 Å². The minimum Gasteiger partial charge on any atom is -0.339 e. The first-order valence-corrected chi connectivity index (χ1v) is 12.3. The van der Waals surface area contributed by atoms with Gasteiger partial charge < -0.3 is 4.90 Å². The number of aromatic nitrogens is 1. The van der Waals surface area contributed by atoms with Gasteiger partial charge in [-0.15, -0.1) is 23.1 Å². The summed E-state index contributed by atoms with van der Waals surface area (Å²) in [5.74, 6) is 0.188. The zero-order valence-corrected chi connectivity index (χ0v) is 17.9. The van der Waals surface area contributed by atoms with Crippen molar-refractivity contribution in [1.29, 1.82) is 0 Å². The van der Waals surface area contributed by atoms with Crippen molar-refractivity contribution < 1.29 is 13.2 Å². The maximum atomic E-state index is 12.7. The topological polar surface area (TPSA) is 79.4 Å². The summed E-state index contributed by atoms with van der Waals surface area (Å²) in [6.07, 6.45) is 5.10. The summed E-state index contributed by atoms with van der Waals surface area (Å²) < 4.78 is 27.9. The monoisotopic (exact) mass is 445 g/mol. The van der Waals surface area contributed by atoms with E-state index >= 15 is 0 Å². The van der Waals surface area contributed by atoms with E-state index < -0.39 is 10.0 Å². The molecule has 27 heavy (non-hydrogen) atoms. The molecule has 146 valence electrons. The molecule has 0 radical (unpaired) electrons. The molecule has 0 bridgehead atoms. The molecule has 1 N–H and O–H groups in total. The number of amides is 1. The zero-order valence-electron chi connectivity index (χ0n) is 14.7. The van der Waals surface area contributed by atoms with Gasteiger partial charge in [0, 0.05) is 25.8 Å². The lowest BCUT2D eigenvalue weighted by atomic mass is 9.97. The van der Waals surface area contributed by atoms with Crippen LogP contribution in [0.3, 0.4) is 0 Å². The molecule has 10 heteroatoms. The zero-order chi connectivity index (χ0) is 19.4. The Morgan fingerprint density at radius 2 is 2.11 bits per heavy atom. The summed E-state index contributed by atoms with van der Waals surface area (Å²) in [5.41, 5.74) is 0.624. The number of halogens is 1. The van der Waals surface area contributed by atoms with Crippen molar-refractivity contribution in [2.45, 2.75) is 22.1 Å². The van der Waals surface area contributed by atoms with E-state index in [1.54, 1.807) is 24.4 Å². The standard InChI is InChI=1S/C17H20ClN3O3S3/c1-25-16-13(3-2-8-19-16)17(22)21-9-6-12(7-10-21)11-20-27(23,24)15-5-4-14(18)26-15/h2-5,8,12,20H,6-7,9-11H2,1H3. The molecular formula is C17H20ClN3O3S3. The Morgan fingerprint density at radius 3 is 2.74 bits per heavy atom. The summed E-state index contributed by atoms with van der Waals surface area (Å²) in [7, 11) is -3.53. The molecule has 2 aromatic heterocycles. The number of likely N-dealkylation sites (tertiary alicyclic amines) is 1. The fourth-order valence-corrected chi connectivity index (χ4v) is 6.15. The Labute approximate surface area is 172 Å². The first-order chi connectivity index (χ1) is 12.9. The van der Waals surface area contributed by atoms with Crippen LogP contribution in [-0.4, -0.2) is 50.1 Å². The third-order valence-electron chi connectivity index (χ3n) is 4.47. The number of sulfonamides is 1. The van der Waals surface area contributed by atoms with E-state index in [0.717, 1.165) is 29.2 Å². The molecule has 0 unspecified atom stereocenters. The first kappa shape index (κ1) is 20.6. The number of carbonyl (C=O) groups excluding carboxylic acids is 1. The van der Waals surface area contributed by atoms with E-state index in [1.807, 2.05) is 11.2 Å². The van der Waals surface area contributed by atoms with Crippen molar-refractivity contribution in [1.82, 2.24) is 14.6 Å². The van der Waals surface area contributed by atoms with Crippen LogP contribution in [-0.2, 0) is 10.0 Å². The molecule has 0 aliphatic carbocycles. The van der Waals surface area contributed by atoms with Crippen molar-refractivity contribution in [3.05, 3.63) is 40.4 Å². The molecule has 1 aliphatic rings. The number of thiophene rings is 1. The van der Waals surface area contributed by atoms with Crippen molar-refractivity contribution in [3.63, 3.8) is 0 Å². The number of nitrogens with zero attached hydrogens (tertiary/aromatic N) is 2. The molecular weight excluding hydrogens is 426 g/mol. The van der Waals surface area contributed by atoms with E-state index in [-0.39, 0.29) is 16.0 Å². The highest BCUT2D eigenvalue weighted by atomic mass is 35.5. The van der Waals surface area contributed by atoms with E-state index in [1.165, 1.54) is 17.8 Å².